The van der Waals surface area contributed by atoms with E-state index in [-0.39, 0.29) is 11.3 Å². The minimum Gasteiger partial charge on any atom is -0.500 e. The van der Waals surface area contributed by atoms with Crippen LogP contribution in [-0.4, -0.2) is 45.4 Å². The Labute approximate surface area is 223 Å². The quantitative estimate of drug-likeness (QED) is 0.203. The van der Waals surface area contributed by atoms with Gasteiger partial charge in [-0.05, 0) is 42.8 Å². The molecule has 4 N–H and O–H groups in total. The monoisotopic (exact) mass is 533 g/mol. The number of phenols is 1. The summed E-state index contributed by atoms with van der Waals surface area (Å²) in [4.78, 5) is 51.6. The van der Waals surface area contributed by atoms with Crippen LogP contribution < -0.4 is 15.4 Å². The average molecular weight is 534 g/mol. The second kappa shape index (κ2) is 10.9. The third-order valence-corrected chi connectivity index (χ3v) is 6.79. The number of carbonyl (C=O) groups is 3. The lowest BCUT2D eigenvalue weighted by Gasteiger charge is -2.44. The first-order valence-electron chi connectivity index (χ1n) is 12.1. The first-order chi connectivity index (χ1) is 18.5. The third-order valence-electron chi connectivity index (χ3n) is 6.79. The van der Waals surface area contributed by atoms with Crippen LogP contribution in [0.5, 0.6) is 11.5 Å². The van der Waals surface area contributed by atoms with Gasteiger partial charge in [-0.15, -0.1) is 0 Å². The molecular formula is C28H27N3O8. The van der Waals surface area contributed by atoms with E-state index in [4.69, 9.17) is 4.74 Å². The second-order valence-electron chi connectivity index (χ2n) is 9.54. The number of nitro groups is 1. The van der Waals surface area contributed by atoms with Crippen LogP contribution >= 0.6 is 0 Å². The standard InChI is InChI=1S/C28H27N3O8/c1-28(36)15-20(32)23(26(34)29-17-9-5-3-6-10-17)22(24(28)27(35)30-18-11-7-4-8-12-18)16-13-19(31(37)38)25(33)21(14-16)39-2/h3-14,22-24,33,36H,15H2,1-2H3,(H,29,34)(H,30,35). The Hall–Kier alpha value is -4.77. The van der Waals surface area contributed by atoms with E-state index in [0.29, 0.717) is 11.4 Å². The summed E-state index contributed by atoms with van der Waals surface area (Å²) in [5, 5.41) is 38.9. The van der Waals surface area contributed by atoms with Crippen molar-refractivity contribution in [1.82, 2.24) is 0 Å². The molecule has 4 unspecified atom stereocenters. The summed E-state index contributed by atoms with van der Waals surface area (Å²) in [6.07, 6.45) is -0.513. The lowest BCUT2D eigenvalue weighted by molar-refractivity contribution is -0.386. The van der Waals surface area contributed by atoms with Gasteiger partial charge in [-0.25, -0.2) is 0 Å². The van der Waals surface area contributed by atoms with E-state index < -0.39 is 63.7 Å². The maximum atomic E-state index is 13.7. The van der Waals surface area contributed by atoms with Crippen molar-refractivity contribution in [3.05, 3.63) is 88.5 Å². The summed E-state index contributed by atoms with van der Waals surface area (Å²) in [6, 6.07) is 19.0. The molecule has 1 fully saturated rings. The Balaban J connectivity index is 1.89. The van der Waals surface area contributed by atoms with E-state index in [1.165, 1.54) is 20.1 Å². The number of aromatic hydroxyl groups is 1. The summed E-state index contributed by atoms with van der Waals surface area (Å²) in [5.41, 5.74) is -1.87. The number of aliphatic hydroxyl groups is 1. The van der Waals surface area contributed by atoms with Crippen LogP contribution in [0, 0.1) is 22.0 Å². The van der Waals surface area contributed by atoms with Gasteiger partial charge in [0.1, 0.15) is 11.7 Å². The molecule has 0 aromatic heterocycles. The molecule has 1 aliphatic rings. The molecule has 0 saturated heterocycles. The number of hydrogen-bond donors (Lipinski definition) is 4. The summed E-state index contributed by atoms with van der Waals surface area (Å²) in [7, 11) is 1.18. The Morgan fingerprint density at radius 1 is 1.00 bits per heavy atom. The molecule has 2 amide bonds. The molecule has 0 aliphatic heterocycles. The van der Waals surface area contributed by atoms with Crippen molar-refractivity contribution in [2.45, 2.75) is 24.9 Å². The number of nitrogens with one attached hydrogen (secondary N) is 2. The van der Waals surface area contributed by atoms with Gasteiger partial charge in [0.2, 0.25) is 17.6 Å². The number of ketones is 1. The Bertz CT molecular complexity index is 1410. The minimum absolute atomic E-state index is 0.00824. The summed E-state index contributed by atoms with van der Waals surface area (Å²) in [6.45, 7) is 1.31. The lowest BCUT2D eigenvalue weighted by atomic mass is 9.61. The molecule has 11 heteroatoms. The minimum atomic E-state index is -1.93. The van der Waals surface area contributed by atoms with Gasteiger partial charge in [-0.1, -0.05) is 36.4 Å². The van der Waals surface area contributed by atoms with E-state index in [1.54, 1.807) is 60.7 Å². The van der Waals surface area contributed by atoms with E-state index in [0.717, 1.165) is 6.07 Å². The van der Waals surface area contributed by atoms with Crippen molar-refractivity contribution in [3.63, 3.8) is 0 Å². The normalized spacial score (nSPS) is 22.5. The highest BCUT2D eigenvalue weighted by atomic mass is 16.6. The molecule has 3 aromatic rings. The smallest absolute Gasteiger partial charge is 0.314 e. The zero-order valence-electron chi connectivity index (χ0n) is 21.2. The fourth-order valence-electron chi connectivity index (χ4n) is 5.08. The number of Topliss-reactive ketones (excluding diaryl/α,β-unsaturated/α-hetero) is 1. The fraction of sp³-hybridized carbons (Fsp3) is 0.250. The molecular weight excluding hydrogens is 506 g/mol. The number of nitrogens with zero attached hydrogens (tertiary/aromatic N) is 1. The molecule has 202 valence electrons. The van der Waals surface area contributed by atoms with Gasteiger partial charge in [0.15, 0.2) is 5.75 Å². The van der Waals surface area contributed by atoms with Gasteiger partial charge in [0.25, 0.3) is 0 Å². The van der Waals surface area contributed by atoms with E-state index >= 15 is 0 Å². The Kier molecular flexibility index (Phi) is 7.63. The van der Waals surface area contributed by atoms with Gasteiger partial charge >= 0.3 is 5.69 Å². The molecule has 0 radical (unpaired) electrons. The van der Waals surface area contributed by atoms with Gasteiger partial charge in [-0.2, -0.15) is 0 Å². The number of hydrogen-bond acceptors (Lipinski definition) is 8. The van der Waals surface area contributed by atoms with Crippen LogP contribution in [0.25, 0.3) is 0 Å². The fourth-order valence-corrected chi connectivity index (χ4v) is 5.08. The molecule has 3 aromatic carbocycles. The van der Waals surface area contributed by atoms with Crippen molar-refractivity contribution in [2.24, 2.45) is 11.8 Å². The van der Waals surface area contributed by atoms with Crippen LogP contribution in [0.2, 0.25) is 0 Å². The molecule has 0 bridgehead atoms. The number of carbonyl (C=O) groups excluding carboxylic acids is 3. The highest BCUT2D eigenvalue weighted by Gasteiger charge is 2.56. The van der Waals surface area contributed by atoms with Gasteiger partial charge < -0.3 is 25.6 Å². The molecule has 1 saturated carbocycles. The van der Waals surface area contributed by atoms with Gasteiger partial charge in [0.05, 0.1) is 23.6 Å². The number of para-hydroxylation sites is 2. The summed E-state index contributed by atoms with van der Waals surface area (Å²) < 4.78 is 5.13. The van der Waals surface area contributed by atoms with Crippen molar-refractivity contribution in [1.29, 1.82) is 0 Å². The van der Waals surface area contributed by atoms with Crippen LogP contribution in [0.15, 0.2) is 72.8 Å². The molecule has 1 aliphatic carbocycles. The highest BCUT2D eigenvalue weighted by Crippen LogP contribution is 2.49. The first kappa shape index (κ1) is 27.3. The Morgan fingerprint density at radius 3 is 2.05 bits per heavy atom. The van der Waals surface area contributed by atoms with Crippen LogP contribution in [0.4, 0.5) is 17.1 Å². The van der Waals surface area contributed by atoms with E-state index in [1.807, 2.05) is 0 Å². The van der Waals surface area contributed by atoms with Gasteiger partial charge in [-0.3, -0.25) is 24.5 Å². The van der Waals surface area contributed by atoms with Gasteiger partial charge in [0, 0.05) is 29.8 Å². The number of phenolic OH excluding ortho intramolecular Hbond substituents is 1. The molecule has 39 heavy (non-hydrogen) atoms. The second-order valence-corrected chi connectivity index (χ2v) is 9.54. The van der Waals surface area contributed by atoms with Crippen molar-refractivity contribution >= 4 is 34.7 Å². The van der Waals surface area contributed by atoms with Crippen LogP contribution in [-0.2, 0) is 14.4 Å². The number of amides is 2. The Morgan fingerprint density at radius 2 is 1.54 bits per heavy atom. The maximum Gasteiger partial charge on any atom is 0.314 e. The SMILES string of the molecule is COc1cc(C2C(C(=O)Nc3ccccc3)C(=O)CC(C)(O)C2C(=O)Nc2ccccc2)cc([N+](=O)[O-])c1O. The number of methoxy groups -OCH3 is 1. The number of nitro benzene ring substituents is 1. The first-order valence-corrected chi connectivity index (χ1v) is 12.1. The number of anilines is 2. The molecule has 11 nitrogen and oxygen atoms in total. The van der Waals surface area contributed by atoms with Crippen molar-refractivity contribution in [2.75, 3.05) is 17.7 Å². The molecule has 0 heterocycles. The zero-order chi connectivity index (χ0) is 28.3. The van der Waals surface area contributed by atoms with Crippen molar-refractivity contribution in [3.8, 4) is 11.5 Å². The van der Waals surface area contributed by atoms with Crippen molar-refractivity contribution < 1.29 is 34.3 Å². The van der Waals surface area contributed by atoms with Crippen LogP contribution in [0.1, 0.15) is 24.8 Å². The molecule has 0 spiro atoms. The number of ether oxygens (including phenoxy) is 1. The largest absolute Gasteiger partial charge is 0.500 e. The van der Waals surface area contributed by atoms with E-state index in [2.05, 4.69) is 10.6 Å². The maximum absolute atomic E-state index is 13.7. The predicted octanol–water partition coefficient (Wildman–Crippen LogP) is 3.63. The zero-order valence-corrected chi connectivity index (χ0v) is 21.2. The molecule has 4 atom stereocenters. The van der Waals surface area contributed by atoms with Crippen LogP contribution in [0.3, 0.4) is 0 Å². The predicted molar refractivity (Wildman–Crippen MR) is 141 cm³/mol. The average Bonchev–Trinajstić information content (AvgIpc) is 2.88. The summed E-state index contributed by atoms with van der Waals surface area (Å²) >= 11 is 0. The lowest BCUT2D eigenvalue weighted by Crippen LogP contribution is -2.56. The van der Waals surface area contributed by atoms with E-state index in [9.17, 15) is 34.7 Å². The third kappa shape index (κ3) is 5.58. The molecule has 4 rings (SSSR count). The number of benzene rings is 3. The highest BCUT2D eigenvalue weighted by molar-refractivity contribution is 6.10. The number of rotatable bonds is 7. The topological polar surface area (TPSA) is 168 Å². The summed E-state index contributed by atoms with van der Waals surface area (Å²) in [5.74, 6) is -7.42.